The fraction of sp³-hybridized carbons (Fsp3) is 0.389. The molecule has 1 N–H and O–H groups in total. The molecule has 1 aromatic heterocycles. The van der Waals surface area contributed by atoms with Gasteiger partial charge in [0.15, 0.2) is 0 Å². The van der Waals surface area contributed by atoms with Crippen molar-refractivity contribution in [1.29, 1.82) is 0 Å². The molecular formula is C18H21N3O2S2. The van der Waals surface area contributed by atoms with E-state index in [1.807, 2.05) is 24.4 Å². The van der Waals surface area contributed by atoms with Gasteiger partial charge in [0.1, 0.15) is 4.34 Å². The van der Waals surface area contributed by atoms with Crippen molar-refractivity contribution >= 4 is 34.9 Å². The standard InChI is InChI=1S/C18H21N3O2S2/c1-13-11-24-18(20-13)25-12-14-4-6-15(7-5-14)17(23)19-10-16(22)21-8-2-3-9-21/h4-7,11H,2-3,8-10,12H2,1H3,(H,19,23). The van der Waals surface area contributed by atoms with Crippen molar-refractivity contribution in [3.05, 3.63) is 46.5 Å². The zero-order valence-electron chi connectivity index (χ0n) is 14.2. The molecule has 3 rings (SSSR count). The topological polar surface area (TPSA) is 62.3 Å². The van der Waals surface area contributed by atoms with E-state index < -0.39 is 0 Å². The van der Waals surface area contributed by atoms with E-state index in [1.54, 1.807) is 40.1 Å². The van der Waals surface area contributed by atoms with Gasteiger partial charge in [-0.1, -0.05) is 23.9 Å². The predicted octanol–water partition coefficient (Wildman–Crippen LogP) is 3.10. The number of amides is 2. The molecule has 1 aromatic carbocycles. The van der Waals surface area contributed by atoms with Crippen LogP contribution < -0.4 is 5.32 Å². The number of hydrogen-bond acceptors (Lipinski definition) is 5. The average Bonchev–Trinajstić information content (AvgIpc) is 3.30. The molecule has 1 aliphatic rings. The van der Waals surface area contributed by atoms with Crippen LogP contribution in [0.25, 0.3) is 0 Å². The molecule has 2 heterocycles. The monoisotopic (exact) mass is 375 g/mol. The Balaban J connectivity index is 1.47. The third kappa shape index (κ3) is 5.06. The minimum Gasteiger partial charge on any atom is -0.343 e. The van der Waals surface area contributed by atoms with Gasteiger partial charge in [-0.15, -0.1) is 11.3 Å². The van der Waals surface area contributed by atoms with E-state index in [0.29, 0.717) is 5.56 Å². The number of nitrogens with one attached hydrogen (secondary N) is 1. The zero-order valence-corrected chi connectivity index (χ0v) is 15.8. The number of thioether (sulfide) groups is 1. The first-order valence-electron chi connectivity index (χ1n) is 8.31. The summed E-state index contributed by atoms with van der Waals surface area (Å²) in [7, 11) is 0. The summed E-state index contributed by atoms with van der Waals surface area (Å²) in [6, 6.07) is 7.51. The Morgan fingerprint density at radius 2 is 1.96 bits per heavy atom. The number of aromatic nitrogens is 1. The van der Waals surface area contributed by atoms with Gasteiger partial charge in [0.05, 0.1) is 6.54 Å². The molecule has 5 nitrogen and oxygen atoms in total. The number of rotatable bonds is 6. The van der Waals surface area contributed by atoms with Gasteiger partial charge in [-0.3, -0.25) is 9.59 Å². The van der Waals surface area contributed by atoms with Crippen LogP contribution in [0.4, 0.5) is 0 Å². The Morgan fingerprint density at radius 1 is 1.24 bits per heavy atom. The molecule has 1 aliphatic heterocycles. The summed E-state index contributed by atoms with van der Waals surface area (Å²) < 4.78 is 1.06. The van der Waals surface area contributed by atoms with Gasteiger partial charge in [-0.25, -0.2) is 4.98 Å². The smallest absolute Gasteiger partial charge is 0.251 e. The second-order valence-electron chi connectivity index (χ2n) is 6.01. The first-order chi connectivity index (χ1) is 12.1. The van der Waals surface area contributed by atoms with Crippen LogP contribution in [0.2, 0.25) is 0 Å². The molecule has 0 radical (unpaired) electrons. The number of nitrogens with zero attached hydrogens (tertiary/aromatic N) is 2. The highest BCUT2D eigenvalue weighted by molar-refractivity contribution is 8.00. The lowest BCUT2D eigenvalue weighted by Crippen LogP contribution is -2.38. The number of carbonyl (C=O) groups is 2. The van der Waals surface area contributed by atoms with E-state index in [2.05, 4.69) is 10.3 Å². The van der Waals surface area contributed by atoms with Crippen molar-refractivity contribution in [3.63, 3.8) is 0 Å². The fourth-order valence-corrected chi connectivity index (χ4v) is 4.44. The van der Waals surface area contributed by atoms with Gasteiger partial charge in [0.25, 0.3) is 5.91 Å². The van der Waals surface area contributed by atoms with E-state index in [9.17, 15) is 9.59 Å². The van der Waals surface area contributed by atoms with Crippen LogP contribution in [0, 0.1) is 6.92 Å². The lowest BCUT2D eigenvalue weighted by Gasteiger charge is -2.15. The van der Waals surface area contributed by atoms with Crippen molar-refractivity contribution in [1.82, 2.24) is 15.2 Å². The molecule has 1 fully saturated rings. The maximum absolute atomic E-state index is 12.2. The van der Waals surface area contributed by atoms with Crippen molar-refractivity contribution < 1.29 is 9.59 Å². The van der Waals surface area contributed by atoms with E-state index in [1.165, 1.54) is 0 Å². The summed E-state index contributed by atoms with van der Waals surface area (Å²) in [4.78, 5) is 30.4. The number of hydrogen-bond donors (Lipinski definition) is 1. The zero-order chi connectivity index (χ0) is 17.6. The maximum Gasteiger partial charge on any atom is 0.251 e. The Hall–Kier alpha value is -1.86. The van der Waals surface area contributed by atoms with Gasteiger partial charge in [-0.05, 0) is 37.5 Å². The Morgan fingerprint density at radius 3 is 2.60 bits per heavy atom. The fourth-order valence-electron chi connectivity index (χ4n) is 2.63. The number of likely N-dealkylation sites (tertiary alicyclic amines) is 1. The van der Waals surface area contributed by atoms with Crippen molar-refractivity contribution in [2.75, 3.05) is 19.6 Å². The average molecular weight is 376 g/mol. The van der Waals surface area contributed by atoms with Gasteiger partial charge >= 0.3 is 0 Å². The number of thiazole rings is 1. The molecule has 25 heavy (non-hydrogen) atoms. The van der Waals surface area contributed by atoms with Crippen LogP contribution >= 0.6 is 23.1 Å². The van der Waals surface area contributed by atoms with Crippen LogP contribution in [-0.2, 0) is 10.5 Å². The Bertz CT molecular complexity index is 737. The number of benzene rings is 1. The largest absolute Gasteiger partial charge is 0.343 e. The second-order valence-corrected chi connectivity index (χ2v) is 8.09. The molecule has 0 atom stereocenters. The van der Waals surface area contributed by atoms with Crippen LogP contribution in [-0.4, -0.2) is 41.3 Å². The molecule has 0 aliphatic carbocycles. The summed E-state index contributed by atoms with van der Waals surface area (Å²) in [6.45, 7) is 3.67. The normalized spacial score (nSPS) is 13.9. The van der Waals surface area contributed by atoms with Crippen LogP contribution in [0.1, 0.15) is 34.5 Å². The second kappa shape index (κ2) is 8.49. The summed E-state index contributed by atoms with van der Waals surface area (Å²) in [6.07, 6.45) is 2.11. The van der Waals surface area contributed by atoms with E-state index in [-0.39, 0.29) is 18.4 Å². The highest BCUT2D eigenvalue weighted by atomic mass is 32.2. The summed E-state index contributed by atoms with van der Waals surface area (Å²) in [5, 5.41) is 4.75. The molecule has 0 bridgehead atoms. The Kier molecular flexibility index (Phi) is 6.09. The number of carbonyl (C=O) groups excluding carboxylic acids is 2. The van der Waals surface area contributed by atoms with E-state index >= 15 is 0 Å². The van der Waals surface area contributed by atoms with Gasteiger partial charge in [-0.2, -0.15) is 0 Å². The maximum atomic E-state index is 12.2. The van der Waals surface area contributed by atoms with Crippen LogP contribution in [0.15, 0.2) is 34.0 Å². The summed E-state index contributed by atoms with van der Waals surface area (Å²) in [5.74, 6) is 0.613. The molecule has 0 unspecified atom stereocenters. The Labute approximate surface area is 155 Å². The first-order valence-corrected chi connectivity index (χ1v) is 10.2. The molecular weight excluding hydrogens is 354 g/mol. The third-order valence-corrected chi connectivity index (χ3v) is 6.25. The van der Waals surface area contributed by atoms with Gasteiger partial charge in [0, 0.05) is 35.5 Å². The lowest BCUT2D eigenvalue weighted by molar-refractivity contribution is -0.129. The molecule has 0 saturated carbocycles. The van der Waals surface area contributed by atoms with Crippen molar-refractivity contribution in [2.45, 2.75) is 29.9 Å². The predicted molar refractivity (Wildman–Crippen MR) is 101 cm³/mol. The minimum atomic E-state index is -0.206. The molecule has 1 saturated heterocycles. The molecule has 7 heteroatoms. The summed E-state index contributed by atoms with van der Waals surface area (Å²) in [5.41, 5.74) is 2.76. The van der Waals surface area contributed by atoms with Crippen molar-refractivity contribution in [3.8, 4) is 0 Å². The molecule has 2 amide bonds. The van der Waals surface area contributed by atoms with Gasteiger partial charge in [0.2, 0.25) is 5.91 Å². The lowest BCUT2D eigenvalue weighted by atomic mass is 10.1. The van der Waals surface area contributed by atoms with Crippen LogP contribution in [0.5, 0.6) is 0 Å². The highest BCUT2D eigenvalue weighted by Crippen LogP contribution is 2.26. The first kappa shape index (κ1) is 17.9. The molecule has 0 spiro atoms. The SMILES string of the molecule is Cc1csc(SCc2ccc(C(=O)NCC(=O)N3CCCC3)cc2)n1. The quantitative estimate of drug-likeness (QED) is 0.788. The van der Waals surface area contributed by atoms with Crippen LogP contribution in [0.3, 0.4) is 0 Å². The number of aryl methyl sites for hydroxylation is 1. The highest BCUT2D eigenvalue weighted by Gasteiger charge is 2.18. The molecule has 132 valence electrons. The van der Waals surface area contributed by atoms with Crippen molar-refractivity contribution in [2.24, 2.45) is 0 Å². The third-order valence-electron chi connectivity index (χ3n) is 4.04. The minimum absolute atomic E-state index is 0.00221. The van der Waals surface area contributed by atoms with Gasteiger partial charge < -0.3 is 10.2 Å². The van der Waals surface area contributed by atoms with E-state index in [0.717, 1.165) is 47.3 Å². The van der Waals surface area contributed by atoms with E-state index in [4.69, 9.17) is 0 Å². The summed E-state index contributed by atoms with van der Waals surface area (Å²) >= 11 is 3.34. The molecule has 2 aromatic rings.